The van der Waals surface area contributed by atoms with Gasteiger partial charge in [0.2, 0.25) is 0 Å². The van der Waals surface area contributed by atoms with Gasteiger partial charge in [0.25, 0.3) is 0 Å². The normalized spacial score (nSPS) is 15.5. The Hall–Kier alpha value is -2.30. The molecule has 1 N–H and O–H groups in total. The number of aromatic nitrogens is 2. The highest BCUT2D eigenvalue weighted by molar-refractivity contribution is 6.30. The minimum Gasteiger partial charge on any atom is -0.338 e. The fourth-order valence-electron chi connectivity index (χ4n) is 3.50. The number of carbonyl (C=O) groups excluding carboxylic acids is 1. The molecule has 2 aromatic carbocycles. The van der Waals surface area contributed by atoms with Crippen LogP contribution >= 0.6 is 23.2 Å². The highest BCUT2D eigenvalue weighted by atomic mass is 35.5. The number of nitrogens with one attached hydrogen (secondary N) is 1. The molecule has 0 amide bonds. The molecule has 138 valence electrons. The molecule has 0 spiro atoms. The first-order valence-electron chi connectivity index (χ1n) is 8.76. The second-order valence-electron chi connectivity index (χ2n) is 7.63. The fourth-order valence-corrected chi connectivity index (χ4v) is 3.75. The molecule has 6 heteroatoms. The molecule has 0 aliphatic heterocycles. The van der Waals surface area contributed by atoms with Gasteiger partial charge in [-0.25, -0.2) is 4.68 Å². The Balaban J connectivity index is 1.83. The van der Waals surface area contributed by atoms with Gasteiger partial charge in [0, 0.05) is 22.2 Å². The van der Waals surface area contributed by atoms with Gasteiger partial charge in [-0.2, -0.15) is 0 Å². The van der Waals surface area contributed by atoms with Crippen LogP contribution in [0.2, 0.25) is 10.0 Å². The maximum absolute atomic E-state index is 12.9. The predicted octanol–water partition coefficient (Wildman–Crippen LogP) is 6.08. The third kappa shape index (κ3) is 3.60. The Morgan fingerprint density at radius 2 is 1.56 bits per heavy atom. The third-order valence-corrected chi connectivity index (χ3v) is 5.23. The van der Waals surface area contributed by atoms with Crippen molar-refractivity contribution in [2.45, 2.75) is 26.7 Å². The Labute approximate surface area is 168 Å². The Morgan fingerprint density at radius 1 is 0.963 bits per heavy atom. The predicted molar refractivity (Wildman–Crippen MR) is 110 cm³/mol. The molecule has 1 aliphatic carbocycles. The molecular weight excluding hydrogens is 381 g/mol. The topological polar surface area (TPSA) is 46.9 Å². The van der Waals surface area contributed by atoms with Crippen molar-refractivity contribution >= 4 is 40.5 Å². The minimum atomic E-state index is -0.105. The number of hydrogen-bond acceptors (Lipinski definition) is 3. The maximum atomic E-state index is 12.9. The zero-order valence-corrected chi connectivity index (χ0v) is 16.6. The lowest BCUT2D eigenvalue weighted by Crippen LogP contribution is -2.28. The summed E-state index contributed by atoms with van der Waals surface area (Å²) >= 11 is 12.0. The second-order valence-corrected chi connectivity index (χ2v) is 8.50. The highest BCUT2D eigenvalue weighted by Gasteiger charge is 2.36. The summed E-state index contributed by atoms with van der Waals surface area (Å²) in [7, 11) is 0. The summed E-state index contributed by atoms with van der Waals surface area (Å²) in [5.74, 6) is 0.681. The van der Waals surface area contributed by atoms with Crippen LogP contribution in [0.1, 0.15) is 36.3 Å². The molecule has 3 aromatic rings. The molecule has 0 bridgehead atoms. The Morgan fingerprint density at radius 3 is 2.19 bits per heavy atom. The average Bonchev–Trinajstić information content (AvgIpc) is 2.95. The monoisotopic (exact) mass is 399 g/mol. The van der Waals surface area contributed by atoms with Crippen LogP contribution in [0, 0.1) is 5.41 Å². The SMILES string of the molecule is CC1(C)CC(=O)c2c(Nc3ccc(Cl)cc3)nn(-c3ccc(Cl)cc3)c2C1. The Kier molecular flexibility index (Phi) is 4.49. The largest absolute Gasteiger partial charge is 0.338 e. The highest BCUT2D eigenvalue weighted by Crippen LogP contribution is 2.39. The number of fused-ring (bicyclic) bond motifs is 1. The van der Waals surface area contributed by atoms with Crippen molar-refractivity contribution in [1.82, 2.24) is 9.78 Å². The number of hydrogen-bond donors (Lipinski definition) is 1. The van der Waals surface area contributed by atoms with E-state index in [0.717, 1.165) is 23.5 Å². The number of nitrogens with zero attached hydrogens (tertiary/aromatic N) is 2. The summed E-state index contributed by atoms with van der Waals surface area (Å²) < 4.78 is 1.85. The lowest BCUT2D eigenvalue weighted by Gasteiger charge is -2.29. The van der Waals surface area contributed by atoms with Crippen LogP contribution in [0.25, 0.3) is 5.69 Å². The number of Topliss-reactive ketones (excluding diaryl/α,β-unsaturated/α-hetero) is 1. The van der Waals surface area contributed by atoms with Gasteiger partial charge in [0.15, 0.2) is 11.6 Å². The van der Waals surface area contributed by atoms with E-state index < -0.39 is 0 Å². The van der Waals surface area contributed by atoms with E-state index in [1.165, 1.54) is 0 Å². The molecule has 1 aliphatic rings. The first kappa shape index (κ1) is 18.1. The lowest BCUT2D eigenvalue weighted by molar-refractivity contribution is 0.0912. The van der Waals surface area contributed by atoms with E-state index in [-0.39, 0.29) is 11.2 Å². The maximum Gasteiger partial charge on any atom is 0.169 e. The molecule has 0 radical (unpaired) electrons. The average molecular weight is 400 g/mol. The minimum absolute atomic E-state index is 0.105. The molecule has 4 nitrogen and oxygen atoms in total. The fraction of sp³-hybridized carbons (Fsp3) is 0.238. The summed E-state index contributed by atoms with van der Waals surface area (Å²) in [5, 5.41) is 9.34. The van der Waals surface area contributed by atoms with Gasteiger partial charge in [-0.3, -0.25) is 4.79 Å². The first-order chi connectivity index (χ1) is 12.8. The number of halogens is 2. The van der Waals surface area contributed by atoms with E-state index in [9.17, 15) is 4.79 Å². The van der Waals surface area contributed by atoms with Gasteiger partial charge in [0.1, 0.15) is 0 Å². The van der Waals surface area contributed by atoms with Gasteiger partial charge in [-0.15, -0.1) is 5.10 Å². The van der Waals surface area contributed by atoms with Crippen molar-refractivity contribution in [2.75, 3.05) is 5.32 Å². The Bertz CT molecular complexity index is 1010. The second kappa shape index (κ2) is 6.70. The zero-order chi connectivity index (χ0) is 19.2. The molecule has 0 saturated carbocycles. The molecule has 0 unspecified atom stereocenters. The van der Waals surface area contributed by atoms with Crippen molar-refractivity contribution in [2.24, 2.45) is 5.41 Å². The molecule has 0 fully saturated rings. The molecule has 1 aromatic heterocycles. The number of carbonyl (C=O) groups is 1. The summed E-state index contributed by atoms with van der Waals surface area (Å²) in [5.41, 5.74) is 3.20. The number of benzene rings is 2. The standard InChI is InChI=1S/C21H19Cl2N3O/c1-21(2)11-17-19(18(27)12-21)20(24-15-7-3-13(22)4-8-15)25-26(17)16-9-5-14(23)6-10-16/h3-10H,11-12H2,1-2H3,(H,24,25). The van der Waals surface area contributed by atoms with Crippen LogP contribution in [0.3, 0.4) is 0 Å². The van der Waals surface area contributed by atoms with E-state index in [4.69, 9.17) is 28.3 Å². The molecule has 0 atom stereocenters. The molecule has 27 heavy (non-hydrogen) atoms. The van der Waals surface area contributed by atoms with Crippen molar-refractivity contribution < 1.29 is 4.79 Å². The van der Waals surface area contributed by atoms with E-state index in [2.05, 4.69) is 19.2 Å². The lowest BCUT2D eigenvalue weighted by atomic mass is 9.76. The van der Waals surface area contributed by atoms with E-state index in [1.807, 2.05) is 41.1 Å². The summed E-state index contributed by atoms with van der Waals surface area (Å²) in [4.78, 5) is 12.9. The number of anilines is 2. The zero-order valence-electron chi connectivity index (χ0n) is 15.1. The van der Waals surface area contributed by atoms with Crippen LogP contribution in [0.4, 0.5) is 11.5 Å². The van der Waals surface area contributed by atoms with E-state index in [1.54, 1.807) is 12.1 Å². The van der Waals surface area contributed by atoms with Crippen LogP contribution in [-0.4, -0.2) is 15.6 Å². The first-order valence-corrected chi connectivity index (χ1v) is 9.52. The van der Waals surface area contributed by atoms with Crippen molar-refractivity contribution in [3.63, 3.8) is 0 Å². The van der Waals surface area contributed by atoms with Crippen LogP contribution in [-0.2, 0) is 6.42 Å². The smallest absolute Gasteiger partial charge is 0.169 e. The molecule has 0 saturated heterocycles. The molecule has 4 rings (SSSR count). The number of ketones is 1. The summed E-state index contributed by atoms with van der Waals surface area (Å²) in [6.45, 7) is 4.22. The van der Waals surface area contributed by atoms with Crippen LogP contribution in [0.15, 0.2) is 48.5 Å². The molecule has 1 heterocycles. The van der Waals surface area contributed by atoms with Gasteiger partial charge in [0.05, 0.1) is 16.9 Å². The third-order valence-electron chi connectivity index (χ3n) is 4.72. The van der Waals surface area contributed by atoms with Crippen molar-refractivity contribution in [1.29, 1.82) is 0 Å². The van der Waals surface area contributed by atoms with Crippen LogP contribution in [0.5, 0.6) is 0 Å². The van der Waals surface area contributed by atoms with Gasteiger partial charge >= 0.3 is 0 Å². The summed E-state index contributed by atoms with van der Waals surface area (Å²) in [6.07, 6.45) is 1.27. The van der Waals surface area contributed by atoms with Crippen molar-refractivity contribution in [3.8, 4) is 5.69 Å². The van der Waals surface area contributed by atoms with E-state index >= 15 is 0 Å². The summed E-state index contributed by atoms with van der Waals surface area (Å²) in [6, 6.07) is 14.8. The van der Waals surface area contributed by atoms with E-state index in [0.29, 0.717) is 27.8 Å². The number of rotatable bonds is 3. The van der Waals surface area contributed by atoms with Crippen LogP contribution < -0.4 is 5.32 Å². The van der Waals surface area contributed by atoms with Crippen molar-refractivity contribution in [3.05, 3.63) is 69.8 Å². The van der Waals surface area contributed by atoms with Gasteiger partial charge in [-0.05, 0) is 60.4 Å². The molecular formula is C21H19Cl2N3O. The van der Waals surface area contributed by atoms with Gasteiger partial charge < -0.3 is 5.32 Å². The quantitative estimate of drug-likeness (QED) is 0.580. The van der Waals surface area contributed by atoms with Gasteiger partial charge in [-0.1, -0.05) is 37.0 Å².